The van der Waals surface area contributed by atoms with E-state index in [1.54, 1.807) is 30.0 Å². The Bertz CT molecular complexity index is 459. The number of carbonyl (C=O) groups is 1. The molecule has 1 aromatic rings. The molecule has 2 rings (SSSR count). The first-order valence-electron chi connectivity index (χ1n) is 5.20. The Labute approximate surface area is 104 Å². The molecular weight excluding hydrogens is 238 g/mol. The zero-order chi connectivity index (χ0) is 12.3. The van der Waals surface area contributed by atoms with E-state index in [9.17, 15) is 4.79 Å². The number of anilines is 1. The van der Waals surface area contributed by atoms with Gasteiger partial charge in [0.1, 0.15) is 5.76 Å². The molecule has 17 heavy (non-hydrogen) atoms. The third kappa shape index (κ3) is 3.17. The summed E-state index contributed by atoms with van der Waals surface area (Å²) in [5.74, 6) is 0.742. The summed E-state index contributed by atoms with van der Waals surface area (Å²) >= 11 is 1.68. The lowest BCUT2D eigenvalue weighted by Crippen LogP contribution is -2.27. The van der Waals surface area contributed by atoms with Gasteiger partial charge in [0.15, 0.2) is 6.23 Å². The molecule has 0 amide bonds. The number of carboxylic acids is 1. The van der Waals surface area contributed by atoms with Gasteiger partial charge in [-0.05, 0) is 25.1 Å². The molecular formula is C12H13NO3S. The third-order valence-corrected chi connectivity index (χ3v) is 3.26. The van der Waals surface area contributed by atoms with Crippen molar-refractivity contribution in [2.75, 3.05) is 11.1 Å². The molecule has 0 aliphatic carbocycles. The summed E-state index contributed by atoms with van der Waals surface area (Å²) in [6.07, 6.45) is -0.117. The SMILES string of the molecule is CC1=CSCC(Nc2cccc(C(=O)O)c2)O1. The standard InChI is InChI=1S/C12H13NO3S/c1-8-6-17-7-11(16-8)13-10-4-2-3-9(5-10)12(14)15/h2-6,11,13H,7H2,1H3,(H,14,15). The van der Waals surface area contributed by atoms with Gasteiger partial charge in [0.25, 0.3) is 0 Å². The molecule has 0 aromatic heterocycles. The number of ether oxygens (including phenoxy) is 1. The molecule has 1 heterocycles. The van der Waals surface area contributed by atoms with E-state index in [2.05, 4.69) is 5.32 Å². The first-order valence-corrected chi connectivity index (χ1v) is 6.25. The number of rotatable bonds is 3. The molecule has 5 heteroatoms. The normalized spacial score (nSPS) is 19.1. The van der Waals surface area contributed by atoms with Crippen molar-refractivity contribution in [1.29, 1.82) is 0 Å². The fourth-order valence-electron chi connectivity index (χ4n) is 1.54. The molecule has 1 atom stereocenters. The molecule has 0 fully saturated rings. The Kier molecular flexibility index (Phi) is 3.58. The lowest BCUT2D eigenvalue weighted by molar-refractivity contribution is 0.0697. The predicted octanol–water partition coefficient (Wildman–Crippen LogP) is 2.75. The van der Waals surface area contributed by atoms with Crippen LogP contribution in [0.4, 0.5) is 5.69 Å². The average Bonchev–Trinajstić information content (AvgIpc) is 2.29. The molecule has 0 radical (unpaired) electrons. The summed E-state index contributed by atoms with van der Waals surface area (Å²) in [6, 6.07) is 6.71. The first-order chi connectivity index (χ1) is 8.15. The lowest BCUT2D eigenvalue weighted by Gasteiger charge is -2.24. The Morgan fingerprint density at radius 1 is 1.59 bits per heavy atom. The van der Waals surface area contributed by atoms with Crippen molar-refractivity contribution in [3.8, 4) is 0 Å². The van der Waals surface area contributed by atoms with Crippen LogP contribution in [0, 0.1) is 0 Å². The molecule has 0 saturated heterocycles. The van der Waals surface area contributed by atoms with E-state index in [0.29, 0.717) is 0 Å². The number of aromatic carboxylic acids is 1. The fraction of sp³-hybridized carbons (Fsp3) is 0.250. The van der Waals surface area contributed by atoms with Gasteiger partial charge in [0.2, 0.25) is 0 Å². The lowest BCUT2D eigenvalue weighted by atomic mass is 10.2. The molecule has 1 unspecified atom stereocenters. The van der Waals surface area contributed by atoms with Crippen LogP contribution < -0.4 is 5.32 Å². The second-order valence-electron chi connectivity index (χ2n) is 3.70. The summed E-state index contributed by atoms with van der Waals surface area (Å²) in [4.78, 5) is 10.8. The van der Waals surface area contributed by atoms with E-state index in [-0.39, 0.29) is 11.8 Å². The molecule has 1 aliphatic heterocycles. The molecule has 0 spiro atoms. The van der Waals surface area contributed by atoms with Crippen molar-refractivity contribution in [2.24, 2.45) is 0 Å². The maximum Gasteiger partial charge on any atom is 0.335 e. The smallest absolute Gasteiger partial charge is 0.335 e. The fourth-order valence-corrected chi connectivity index (χ4v) is 2.25. The highest BCUT2D eigenvalue weighted by Crippen LogP contribution is 2.21. The number of hydrogen-bond acceptors (Lipinski definition) is 4. The van der Waals surface area contributed by atoms with E-state index in [4.69, 9.17) is 9.84 Å². The minimum absolute atomic E-state index is 0.117. The van der Waals surface area contributed by atoms with Crippen LogP contribution in [0.1, 0.15) is 17.3 Å². The minimum atomic E-state index is -0.927. The number of hydrogen-bond donors (Lipinski definition) is 2. The highest BCUT2D eigenvalue weighted by molar-refractivity contribution is 8.02. The predicted molar refractivity (Wildman–Crippen MR) is 68.1 cm³/mol. The number of carboxylic acid groups (broad SMARTS) is 1. The summed E-state index contributed by atoms with van der Waals surface area (Å²) < 4.78 is 5.57. The Morgan fingerprint density at radius 3 is 3.12 bits per heavy atom. The van der Waals surface area contributed by atoms with Gasteiger partial charge in [0.05, 0.1) is 11.3 Å². The number of thioether (sulfide) groups is 1. The zero-order valence-electron chi connectivity index (χ0n) is 9.34. The van der Waals surface area contributed by atoms with Gasteiger partial charge in [0, 0.05) is 11.1 Å². The van der Waals surface area contributed by atoms with Gasteiger partial charge in [-0.1, -0.05) is 6.07 Å². The van der Waals surface area contributed by atoms with Crippen molar-refractivity contribution in [2.45, 2.75) is 13.2 Å². The van der Waals surface area contributed by atoms with Crippen LogP contribution in [0.15, 0.2) is 35.4 Å². The van der Waals surface area contributed by atoms with Crippen LogP contribution in [0.5, 0.6) is 0 Å². The van der Waals surface area contributed by atoms with Crippen LogP contribution in [0.25, 0.3) is 0 Å². The average molecular weight is 251 g/mol. The maximum absolute atomic E-state index is 10.8. The maximum atomic E-state index is 10.8. The zero-order valence-corrected chi connectivity index (χ0v) is 10.2. The minimum Gasteiger partial charge on any atom is -0.478 e. The monoisotopic (exact) mass is 251 g/mol. The van der Waals surface area contributed by atoms with E-state index in [1.807, 2.05) is 18.4 Å². The molecule has 90 valence electrons. The third-order valence-electron chi connectivity index (χ3n) is 2.26. The largest absolute Gasteiger partial charge is 0.478 e. The molecule has 1 aromatic carbocycles. The summed E-state index contributed by atoms with van der Waals surface area (Å²) in [7, 11) is 0. The van der Waals surface area contributed by atoms with Crippen LogP contribution in [0.2, 0.25) is 0 Å². The van der Waals surface area contributed by atoms with E-state index in [0.717, 1.165) is 17.2 Å². The topological polar surface area (TPSA) is 58.6 Å². The van der Waals surface area contributed by atoms with E-state index < -0.39 is 5.97 Å². The van der Waals surface area contributed by atoms with Gasteiger partial charge in [-0.15, -0.1) is 11.8 Å². The number of benzene rings is 1. The molecule has 0 saturated carbocycles. The van der Waals surface area contributed by atoms with Crippen LogP contribution in [0.3, 0.4) is 0 Å². The summed E-state index contributed by atoms with van der Waals surface area (Å²) in [6.45, 7) is 1.90. The van der Waals surface area contributed by atoms with Crippen molar-refractivity contribution in [1.82, 2.24) is 0 Å². The van der Waals surface area contributed by atoms with Gasteiger partial charge < -0.3 is 15.2 Å². The first kappa shape index (κ1) is 11.9. The van der Waals surface area contributed by atoms with Crippen molar-refractivity contribution in [3.63, 3.8) is 0 Å². The van der Waals surface area contributed by atoms with Crippen LogP contribution in [-0.2, 0) is 4.74 Å². The second-order valence-corrected chi connectivity index (χ2v) is 4.60. The van der Waals surface area contributed by atoms with Crippen molar-refractivity contribution >= 4 is 23.4 Å². The highest BCUT2D eigenvalue weighted by Gasteiger charge is 2.14. The molecule has 4 nitrogen and oxygen atoms in total. The molecule has 0 bridgehead atoms. The Balaban J connectivity index is 2.06. The van der Waals surface area contributed by atoms with Gasteiger partial charge >= 0.3 is 5.97 Å². The Hall–Kier alpha value is -1.62. The van der Waals surface area contributed by atoms with Crippen LogP contribution >= 0.6 is 11.8 Å². The van der Waals surface area contributed by atoms with Gasteiger partial charge in [-0.3, -0.25) is 0 Å². The van der Waals surface area contributed by atoms with Gasteiger partial charge in [-0.25, -0.2) is 4.79 Å². The van der Waals surface area contributed by atoms with Crippen LogP contribution in [-0.4, -0.2) is 23.1 Å². The molecule has 2 N–H and O–H groups in total. The van der Waals surface area contributed by atoms with E-state index in [1.165, 1.54) is 0 Å². The van der Waals surface area contributed by atoms with Crippen molar-refractivity contribution < 1.29 is 14.6 Å². The highest BCUT2D eigenvalue weighted by atomic mass is 32.2. The summed E-state index contributed by atoms with van der Waals surface area (Å²) in [5, 5.41) is 14.0. The quantitative estimate of drug-likeness (QED) is 0.865. The second kappa shape index (κ2) is 5.14. The number of nitrogens with one attached hydrogen (secondary N) is 1. The summed E-state index contributed by atoms with van der Waals surface area (Å²) in [5.41, 5.74) is 1.02. The Morgan fingerprint density at radius 2 is 2.41 bits per heavy atom. The van der Waals surface area contributed by atoms with Gasteiger partial charge in [-0.2, -0.15) is 0 Å². The molecule has 1 aliphatic rings. The van der Waals surface area contributed by atoms with Crippen molar-refractivity contribution in [3.05, 3.63) is 41.0 Å². The van der Waals surface area contributed by atoms with E-state index >= 15 is 0 Å². The number of allylic oxidation sites excluding steroid dienone is 1.